The SMILES string of the molecule is O=C(O)CN(C(=O)NCc1ccc(F)cc1)C1CC1. The van der Waals surface area contributed by atoms with Crippen LogP contribution in [0.5, 0.6) is 0 Å². The van der Waals surface area contributed by atoms with E-state index in [-0.39, 0.29) is 24.9 Å². The summed E-state index contributed by atoms with van der Waals surface area (Å²) in [7, 11) is 0. The third kappa shape index (κ3) is 3.94. The van der Waals surface area contributed by atoms with E-state index >= 15 is 0 Å². The number of nitrogens with one attached hydrogen (secondary N) is 1. The van der Waals surface area contributed by atoms with Crippen molar-refractivity contribution in [2.24, 2.45) is 0 Å². The van der Waals surface area contributed by atoms with E-state index < -0.39 is 12.0 Å². The first-order chi connectivity index (χ1) is 9.06. The molecule has 1 saturated carbocycles. The van der Waals surface area contributed by atoms with Crippen molar-refractivity contribution in [1.82, 2.24) is 10.2 Å². The zero-order valence-corrected chi connectivity index (χ0v) is 10.3. The molecule has 1 aliphatic rings. The molecule has 1 fully saturated rings. The lowest BCUT2D eigenvalue weighted by Gasteiger charge is -2.20. The number of hydrogen-bond donors (Lipinski definition) is 2. The lowest BCUT2D eigenvalue weighted by atomic mass is 10.2. The maximum Gasteiger partial charge on any atom is 0.323 e. The zero-order valence-electron chi connectivity index (χ0n) is 10.3. The number of carbonyl (C=O) groups excluding carboxylic acids is 1. The van der Waals surface area contributed by atoms with E-state index in [9.17, 15) is 14.0 Å². The van der Waals surface area contributed by atoms with E-state index in [1.807, 2.05) is 0 Å². The first-order valence-corrected chi connectivity index (χ1v) is 6.07. The monoisotopic (exact) mass is 266 g/mol. The molecule has 0 saturated heterocycles. The molecule has 1 aromatic rings. The van der Waals surface area contributed by atoms with Crippen molar-refractivity contribution < 1.29 is 19.1 Å². The van der Waals surface area contributed by atoms with Crippen LogP contribution in [-0.2, 0) is 11.3 Å². The molecule has 5 nitrogen and oxygen atoms in total. The van der Waals surface area contributed by atoms with Crippen LogP contribution in [-0.4, -0.2) is 34.6 Å². The van der Waals surface area contributed by atoms with Crippen molar-refractivity contribution in [1.29, 1.82) is 0 Å². The fourth-order valence-corrected chi connectivity index (χ4v) is 1.78. The van der Waals surface area contributed by atoms with Gasteiger partial charge >= 0.3 is 12.0 Å². The Morgan fingerprint density at radius 1 is 1.32 bits per heavy atom. The fourth-order valence-electron chi connectivity index (χ4n) is 1.78. The van der Waals surface area contributed by atoms with Gasteiger partial charge in [-0.2, -0.15) is 0 Å². The second-order valence-corrected chi connectivity index (χ2v) is 4.54. The van der Waals surface area contributed by atoms with Crippen molar-refractivity contribution in [2.45, 2.75) is 25.4 Å². The summed E-state index contributed by atoms with van der Waals surface area (Å²) in [5.74, 6) is -1.36. The van der Waals surface area contributed by atoms with Gasteiger partial charge in [0.15, 0.2) is 0 Å². The second kappa shape index (κ2) is 5.69. The lowest BCUT2D eigenvalue weighted by Crippen LogP contribution is -2.43. The van der Waals surface area contributed by atoms with Crippen molar-refractivity contribution in [2.75, 3.05) is 6.54 Å². The van der Waals surface area contributed by atoms with Gasteiger partial charge in [0.2, 0.25) is 0 Å². The minimum Gasteiger partial charge on any atom is -0.480 e. The number of halogens is 1. The Labute approximate surface area is 110 Å². The van der Waals surface area contributed by atoms with E-state index in [0.717, 1.165) is 18.4 Å². The smallest absolute Gasteiger partial charge is 0.323 e. The number of carboxylic acids is 1. The molecule has 0 aromatic heterocycles. The summed E-state index contributed by atoms with van der Waals surface area (Å²) in [6.07, 6.45) is 1.69. The van der Waals surface area contributed by atoms with Gasteiger partial charge in [0.25, 0.3) is 0 Å². The number of urea groups is 1. The molecule has 2 amide bonds. The predicted octanol–water partition coefficient (Wildman–Crippen LogP) is 1.58. The number of carboxylic acid groups (broad SMARTS) is 1. The molecule has 0 spiro atoms. The maximum absolute atomic E-state index is 12.7. The van der Waals surface area contributed by atoms with Crippen LogP contribution >= 0.6 is 0 Å². The summed E-state index contributed by atoms with van der Waals surface area (Å²) in [4.78, 5) is 23.9. The Morgan fingerprint density at radius 3 is 2.47 bits per heavy atom. The fraction of sp³-hybridized carbons (Fsp3) is 0.385. The molecule has 0 aliphatic heterocycles. The van der Waals surface area contributed by atoms with Gasteiger partial charge in [0.05, 0.1) is 0 Å². The number of carbonyl (C=O) groups is 2. The summed E-state index contributed by atoms with van der Waals surface area (Å²) >= 11 is 0. The van der Waals surface area contributed by atoms with Crippen molar-refractivity contribution in [3.05, 3.63) is 35.6 Å². The van der Waals surface area contributed by atoms with Crippen LogP contribution in [0.2, 0.25) is 0 Å². The minimum atomic E-state index is -1.02. The van der Waals surface area contributed by atoms with Crippen LogP contribution in [0.3, 0.4) is 0 Å². The maximum atomic E-state index is 12.7. The molecule has 0 atom stereocenters. The van der Waals surface area contributed by atoms with Gasteiger partial charge in [-0.3, -0.25) is 4.79 Å². The van der Waals surface area contributed by atoms with Gasteiger partial charge in [-0.1, -0.05) is 12.1 Å². The highest BCUT2D eigenvalue weighted by atomic mass is 19.1. The molecule has 1 aromatic carbocycles. The summed E-state index contributed by atoms with van der Waals surface area (Å²) in [6, 6.07) is 5.43. The zero-order chi connectivity index (χ0) is 13.8. The largest absolute Gasteiger partial charge is 0.480 e. The van der Waals surface area contributed by atoms with E-state index in [2.05, 4.69) is 5.32 Å². The Morgan fingerprint density at radius 2 is 1.95 bits per heavy atom. The Bertz CT molecular complexity index is 471. The second-order valence-electron chi connectivity index (χ2n) is 4.54. The summed E-state index contributed by atoms with van der Waals surface area (Å²) in [5.41, 5.74) is 0.765. The number of aliphatic carboxylic acids is 1. The molecule has 2 N–H and O–H groups in total. The first kappa shape index (κ1) is 13.3. The Hall–Kier alpha value is -2.11. The Balaban J connectivity index is 1.88. The van der Waals surface area contributed by atoms with Crippen molar-refractivity contribution >= 4 is 12.0 Å². The van der Waals surface area contributed by atoms with E-state index in [4.69, 9.17) is 5.11 Å². The topological polar surface area (TPSA) is 69.6 Å². The van der Waals surface area contributed by atoms with Gasteiger partial charge in [-0.25, -0.2) is 9.18 Å². The van der Waals surface area contributed by atoms with E-state index in [1.165, 1.54) is 17.0 Å². The Kier molecular flexibility index (Phi) is 3.99. The average molecular weight is 266 g/mol. The molecule has 2 rings (SSSR count). The van der Waals surface area contributed by atoms with Gasteiger partial charge in [-0.15, -0.1) is 0 Å². The molecular formula is C13H15FN2O3. The third-order valence-electron chi connectivity index (χ3n) is 2.91. The number of rotatable bonds is 5. The predicted molar refractivity (Wildman–Crippen MR) is 66.0 cm³/mol. The quantitative estimate of drug-likeness (QED) is 0.850. The molecule has 0 unspecified atom stereocenters. The average Bonchev–Trinajstić information content (AvgIpc) is 3.19. The van der Waals surface area contributed by atoms with E-state index in [1.54, 1.807) is 12.1 Å². The van der Waals surface area contributed by atoms with Crippen LogP contribution < -0.4 is 5.32 Å². The molecule has 19 heavy (non-hydrogen) atoms. The highest BCUT2D eigenvalue weighted by Crippen LogP contribution is 2.26. The minimum absolute atomic E-state index is 0.0318. The van der Waals surface area contributed by atoms with E-state index in [0.29, 0.717) is 0 Å². The van der Waals surface area contributed by atoms with Gasteiger partial charge in [0.1, 0.15) is 12.4 Å². The molecular weight excluding hydrogens is 251 g/mol. The van der Waals surface area contributed by atoms with Gasteiger partial charge < -0.3 is 15.3 Å². The van der Waals surface area contributed by atoms with Gasteiger partial charge in [0, 0.05) is 12.6 Å². The molecule has 0 radical (unpaired) electrons. The van der Waals surface area contributed by atoms with Crippen LogP contribution in [0.4, 0.5) is 9.18 Å². The molecule has 1 aliphatic carbocycles. The third-order valence-corrected chi connectivity index (χ3v) is 2.91. The molecule has 0 heterocycles. The lowest BCUT2D eigenvalue weighted by molar-refractivity contribution is -0.137. The van der Waals surface area contributed by atoms with Crippen molar-refractivity contribution in [3.63, 3.8) is 0 Å². The number of hydrogen-bond acceptors (Lipinski definition) is 2. The normalized spacial score (nSPS) is 13.9. The van der Waals surface area contributed by atoms with Crippen LogP contribution in [0.15, 0.2) is 24.3 Å². The summed E-state index contributed by atoms with van der Waals surface area (Å²) < 4.78 is 12.7. The van der Waals surface area contributed by atoms with Crippen LogP contribution in [0, 0.1) is 5.82 Å². The molecule has 6 heteroatoms. The number of benzene rings is 1. The van der Waals surface area contributed by atoms with Gasteiger partial charge in [-0.05, 0) is 30.5 Å². The number of amides is 2. The standard InChI is InChI=1S/C13H15FN2O3/c14-10-3-1-9(2-4-10)7-15-13(19)16(8-12(17)18)11-5-6-11/h1-4,11H,5-8H2,(H,15,19)(H,17,18). The van der Waals surface area contributed by atoms with Crippen LogP contribution in [0.1, 0.15) is 18.4 Å². The summed E-state index contributed by atoms with van der Waals surface area (Å²) in [5, 5.41) is 11.4. The van der Waals surface area contributed by atoms with Crippen LogP contribution in [0.25, 0.3) is 0 Å². The number of nitrogens with zero attached hydrogens (tertiary/aromatic N) is 1. The molecule has 102 valence electrons. The van der Waals surface area contributed by atoms with Crippen molar-refractivity contribution in [3.8, 4) is 0 Å². The first-order valence-electron chi connectivity index (χ1n) is 6.07. The molecule has 0 bridgehead atoms. The highest BCUT2D eigenvalue weighted by molar-refractivity contribution is 5.80. The summed E-state index contributed by atoms with van der Waals surface area (Å²) in [6.45, 7) is -0.0398. The highest BCUT2D eigenvalue weighted by Gasteiger charge is 2.33.